The zero-order valence-corrected chi connectivity index (χ0v) is 11.4. The number of fused-ring (bicyclic) bond motifs is 2. The van der Waals surface area contributed by atoms with Crippen LogP contribution < -0.4 is 5.43 Å². The minimum absolute atomic E-state index is 0.0604. The summed E-state index contributed by atoms with van der Waals surface area (Å²) in [5.41, 5.74) is 2.46. The molecule has 10 heteroatoms. The van der Waals surface area contributed by atoms with E-state index in [1.54, 1.807) is 7.05 Å². The second-order valence-electron chi connectivity index (χ2n) is 4.19. The third kappa shape index (κ3) is 1.84. The van der Waals surface area contributed by atoms with Gasteiger partial charge in [-0.15, -0.1) is 0 Å². The molecular weight excluding hydrogens is 280 g/mol. The minimum Gasteiger partial charge on any atom is -0.464 e. The quantitative estimate of drug-likeness (QED) is 0.513. The molecule has 21 heavy (non-hydrogen) atoms. The molecule has 2 aromatic heterocycles. The summed E-state index contributed by atoms with van der Waals surface area (Å²) in [5, 5.41) is 7.99. The lowest BCUT2D eigenvalue weighted by molar-refractivity contribution is -0.577. The van der Waals surface area contributed by atoms with Gasteiger partial charge in [0.15, 0.2) is 17.0 Å². The summed E-state index contributed by atoms with van der Waals surface area (Å²) < 4.78 is 10.7. The molecule has 108 valence electrons. The number of carbonyl (C=O) groups is 2. The lowest BCUT2D eigenvalue weighted by Crippen LogP contribution is -2.70. The second kappa shape index (κ2) is 4.59. The molecule has 3 heterocycles. The smallest absolute Gasteiger partial charge is 0.364 e. The van der Waals surface area contributed by atoms with Gasteiger partial charge >= 0.3 is 11.9 Å². The fourth-order valence-corrected chi connectivity index (χ4v) is 2.00. The van der Waals surface area contributed by atoms with Crippen LogP contribution in [0.15, 0.2) is 5.10 Å². The van der Waals surface area contributed by atoms with Gasteiger partial charge in [0, 0.05) is 7.05 Å². The molecule has 2 aromatic rings. The van der Waals surface area contributed by atoms with Gasteiger partial charge in [-0.1, -0.05) is 5.10 Å². The lowest BCUT2D eigenvalue weighted by Gasteiger charge is -1.98. The minimum atomic E-state index is -0.609. The van der Waals surface area contributed by atoms with Crippen molar-refractivity contribution in [3.05, 3.63) is 11.4 Å². The summed E-state index contributed by atoms with van der Waals surface area (Å²) in [6.07, 6.45) is 0. The number of esters is 2. The highest BCUT2D eigenvalue weighted by molar-refractivity contribution is 6.43. The van der Waals surface area contributed by atoms with E-state index in [0.717, 1.165) is 0 Å². The molecular formula is C11H11N6O4+. The van der Waals surface area contributed by atoms with Crippen LogP contribution in [0, 0.1) is 0 Å². The predicted octanol–water partition coefficient (Wildman–Crippen LogP) is -1.76. The van der Waals surface area contributed by atoms with E-state index in [1.807, 2.05) is 0 Å². The van der Waals surface area contributed by atoms with E-state index in [2.05, 4.69) is 29.6 Å². The number of aromatic nitrogens is 4. The summed E-state index contributed by atoms with van der Waals surface area (Å²) in [6.45, 7) is 0. The first-order chi connectivity index (χ1) is 10.1. The molecule has 2 N–H and O–H groups in total. The summed E-state index contributed by atoms with van der Waals surface area (Å²) in [6, 6.07) is 0. The van der Waals surface area contributed by atoms with Crippen molar-refractivity contribution in [1.29, 1.82) is 0 Å². The first-order valence-electron chi connectivity index (χ1n) is 5.89. The van der Waals surface area contributed by atoms with Gasteiger partial charge in [-0.2, -0.15) is 15.5 Å². The van der Waals surface area contributed by atoms with E-state index in [9.17, 15) is 9.59 Å². The van der Waals surface area contributed by atoms with Crippen LogP contribution in [0.2, 0.25) is 0 Å². The average molecular weight is 291 g/mol. The molecule has 0 aliphatic carbocycles. The highest BCUT2D eigenvalue weighted by Gasteiger charge is 2.33. The summed E-state index contributed by atoms with van der Waals surface area (Å²) >= 11 is 0. The number of ether oxygens (including phenoxy) is 2. The van der Waals surface area contributed by atoms with Crippen LogP contribution >= 0.6 is 0 Å². The molecule has 1 aliphatic rings. The van der Waals surface area contributed by atoms with Crippen LogP contribution in [-0.4, -0.2) is 51.6 Å². The number of hydrogen-bond donors (Lipinski definition) is 1. The number of nitrogens with zero attached hydrogens (tertiary/aromatic N) is 5. The van der Waals surface area contributed by atoms with Gasteiger partial charge in [0.25, 0.3) is 5.82 Å². The Morgan fingerprint density at radius 2 is 1.86 bits per heavy atom. The van der Waals surface area contributed by atoms with Crippen LogP contribution in [0.5, 0.6) is 0 Å². The summed E-state index contributed by atoms with van der Waals surface area (Å²) in [7, 11) is 4.13. The molecule has 0 bridgehead atoms. The van der Waals surface area contributed by atoms with Gasteiger partial charge < -0.3 is 9.47 Å². The third-order valence-electron chi connectivity index (χ3n) is 2.98. The normalized spacial score (nSPS) is 13.0. The maximum absolute atomic E-state index is 11.7. The average Bonchev–Trinajstić information content (AvgIpc) is 3.05. The zero-order valence-electron chi connectivity index (χ0n) is 11.4. The number of quaternary nitrogens is 1. The Hall–Kier alpha value is -2.88. The van der Waals surface area contributed by atoms with E-state index in [-0.39, 0.29) is 11.4 Å². The van der Waals surface area contributed by atoms with Gasteiger partial charge in [-0.05, 0) is 0 Å². The second-order valence-corrected chi connectivity index (χ2v) is 4.19. The maximum atomic E-state index is 11.7. The zero-order chi connectivity index (χ0) is 15.1. The lowest BCUT2D eigenvalue weighted by atomic mass is 10.2. The fourth-order valence-electron chi connectivity index (χ4n) is 2.00. The summed E-state index contributed by atoms with van der Waals surface area (Å²) in [5.74, 6) is -0.836. The number of nitrogens with two attached hydrogens (primary N) is 1. The van der Waals surface area contributed by atoms with Crippen LogP contribution in [0.25, 0.3) is 11.2 Å². The van der Waals surface area contributed by atoms with Crippen molar-refractivity contribution < 1.29 is 24.5 Å². The van der Waals surface area contributed by atoms with Crippen LogP contribution in [0.3, 0.4) is 0 Å². The molecule has 0 amide bonds. The third-order valence-corrected chi connectivity index (χ3v) is 2.98. The number of methoxy groups -OCH3 is 2. The van der Waals surface area contributed by atoms with E-state index in [0.29, 0.717) is 22.7 Å². The van der Waals surface area contributed by atoms with Crippen molar-refractivity contribution in [3.63, 3.8) is 0 Å². The Kier molecular flexibility index (Phi) is 2.87. The highest BCUT2D eigenvalue weighted by atomic mass is 16.5. The molecule has 0 unspecified atom stereocenters. The largest absolute Gasteiger partial charge is 0.464 e. The van der Waals surface area contributed by atoms with E-state index < -0.39 is 11.9 Å². The molecule has 10 nitrogen and oxygen atoms in total. The monoisotopic (exact) mass is 291 g/mol. The Morgan fingerprint density at radius 3 is 2.52 bits per heavy atom. The molecule has 0 aromatic carbocycles. The van der Waals surface area contributed by atoms with Crippen molar-refractivity contribution >= 4 is 34.6 Å². The van der Waals surface area contributed by atoms with Crippen LogP contribution in [-0.2, 0) is 21.3 Å². The molecule has 0 spiro atoms. The van der Waals surface area contributed by atoms with Gasteiger partial charge in [0.2, 0.25) is 5.71 Å². The molecule has 0 fully saturated rings. The van der Waals surface area contributed by atoms with Crippen molar-refractivity contribution in [2.24, 2.45) is 12.1 Å². The van der Waals surface area contributed by atoms with Crippen LogP contribution in [0.4, 0.5) is 5.82 Å². The Balaban J connectivity index is 2.20. The molecule has 0 saturated carbocycles. The molecule has 0 saturated heterocycles. The maximum Gasteiger partial charge on any atom is 0.364 e. The van der Waals surface area contributed by atoms with Crippen molar-refractivity contribution in [3.8, 4) is 0 Å². The SMILES string of the molecule is COC(=O)C1=N[NH2+]c2nc3c(C(=O)OC)nn(C)c3nc21. The van der Waals surface area contributed by atoms with Crippen LogP contribution in [0.1, 0.15) is 16.2 Å². The fraction of sp³-hybridized carbons (Fsp3) is 0.273. The van der Waals surface area contributed by atoms with Crippen molar-refractivity contribution in [2.45, 2.75) is 0 Å². The topological polar surface area (TPSA) is 125 Å². The molecule has 3 rings (SSSR count). The van der Waals surface area contributed by atoms with Gasteiger partial charge in [-0.25, -0.2) is 19.3 Å². The highest BCUT2D eigenvalue weighted by Crippen LogP contribution is 2.20. The van der Waals surface area contributed by atoms with E-state index >= 15 is 0 Å². The Morgan fingerprint density at radius 1 is 1.14 bits per heavy atom. The van der Waals surface area contributed by atoms with E-state index in [4.69, 9.17) is 0 Å². The van der Waals surface area contributed by atoms with Gasteiger partial charge in [0.1, 0.15) is 5.52 Å². The van der Waals surface area contributed by atoms with Gasteiger partial charge in [0.05, 0.1) is 14.2 Å². The number of carbonyl (C=O) groups excluding carboxylic acids is 2. The van der Waals surface area contributed by atoms with Gasteiger partial charge in [-0.3, -0.25) is 0 Å². The number of aryl methyl sites for hydroxylation is 1. The molecule has 0 atom stereocenters. The van der Waals surface area contributed by atoms with Crippen molar-refractivity contribution in [1.82, 2.24) is 19.7 Å². The Labute approximate surface area is 117 Å². The Bertz CT molecular complexity index is 809. The predicted molar refractivity (Wildman–Crippen MR) is 67.8 cm³/mol. The molecule has 1 aliphatic heterocycles. The number of rotatable bonds is 2. The first kappa shape index (κ1) is 13.1. The van der Waals surface area contributed by atoms with Crippen molar-refractivity contribution in [2.75, 3.05) is 14.2 Å². The molecule has 0 radical (unpaired) electrons. The first-order valence-corrected chi connectivity index (χ1v) is 5.89. The standard InChI is InChI=1S/C11H10N6O4/c1-17-9-5(7(16-17)11(19)21-3)12-8-4(13-9)6(14-15-8)10(18)20-2/h1-3H3,(H,12,14,15)/p+1. The number of hydrogen-bond acceptors (Lipinski definition) is 8. The summed E-state index contributed by atoms with van der Waals surface area (Å²) in [4.78, 5) is 31.9. The van der Waals surface area contributed by atoms with E-state index in [1.165, 1.54) is 24.3 Å².